The summed E-state index contributed by atoms with van der Waals surface area (Å²) in [4.78, 5) is 6.76. The molecule has 0 spiro atoms. The first-order valence-electron chi connectivity index (χ1n) is 7.84. The van der Waals surface area contributed by atoms with Crippen LogP contribution in [0.3, 0.4) is 0 Å². The largest absolute Gasteiger partial charge is 0.328 e. The smallest absolute Gasteiger partial charge is 0.147 e. The molecule has 1 aliphatic rings. The van der Waals surface area contributed by atoms with Crippen LogP contribution < -0.4 is 5.73 Å². The number of nitrogens with zero attached hydrogens (tertiary/aromatic N) is 5. The SMILES string of the molecule is CCn1c(CN(C)Cc2nc(C)cs2)nnc1C1CC(N)C1. The second kappa shape index (κ2) is 6.44. The summed E-state index contributed by atoms with van der Waals surface area (Å²) in [6.07, 6.45) is 2.07. The topological polar surface area (TPSA) is 72.9 Å². The molecule has 0 unspecified atom stereocenters. The van der Waals surface area contributed by atoms with Crippen molar-refractivity contribution in [2.75, 3.05) is 7.05 Å². The van der Waals surface area contributed by atoms with Gasteiger partial charge in [0.25, 0.3) is 0 Å². The van der Waals surface area contributed by atoms with Gasteiger partial charge in [-0.25, -0.2) is 4.98 Å². The van der Waals surface area contributed by atoms with Gasteiger partial charge in [-0.1, -0.05) is 0 Å². The molecule has 2 aromatic rings. The maximum Gasteiger partial charge on any atom is 0.147 e. The van der Waals surface area contributed by atoms with Crippen molar-refractivity contribution in [2.24, 2.45) is 5.73 Å². The van der Waals surface area contributed by atoms with Gasteiger partial charge < -0.3 is 10.3 Å². The molecule has 22 heavy (non-hydrogen) atoms. The molecule has 0 bridgehead atoms. The van der Waals surface area contributed by atoms with Crippen molar-refractivity contribution in [2.45, 2.75) is 58.3 Å². The van der Waals surface area contributed by atoms with Crippen molar-refractivity contribution >= 4 is 11.3 Å². The Hall–Kier alpha value is -1.31. The molecular formula is C15H24N6S. The van der Waals surface area contributed by atoms with Gasteiger partial charge in [0.15, 0.2) is 0 Å². The van der Waals surface area contributed by atoms with Crippen molar-refractivity contribution in [3.63, 3.8) is 0 Å². The third-order valence-electron chi connectivity index (χ3n) is 4.20. The fraction of sp³-hybridized carbons (Fsp3) is 0.667. The van der Waals surface area contributed by atoms with Gasteiger partial charge in [-0.05, 0) is 33.7 Å². The van der Waals surface area contributed by atoms with E-state index in [4.69, 9.17) is 5.73 Å². The molecule has 2 heterocycles. The first-order valence-corrected chi connectivity index (χ1v) is 8.71. The minimum Gasteiger partial charge on any atom is -0.328 e. The van der Waals surface area contributed by atoms with Crippen LogP contribution in [0.25, 0.3) is 0 Å². The lowest BCUT2D eigenvalue weighted by atomic mass is 9.80. The first-order chi connectivity index (χ1) is 10.6. The summed E-state index contributed by atoms with van der Waals surface area (Å²) in [5, 5.41) is 12.1. The van der Waals surface area contributed by atoms with E-state index in [0.717, 1.165) is 54.8 Å². The lowest BCUT2D eigenvalue weighted by Gasteiger charge is -2.31. The third kappa shape index (κ3) is 3.21. The summed E-state index contributed by atoms with van der Waals surface area (Å²) in [6.45, 7) is 6.73. The molecule has 0 saturated heterocycles. The van der Waals surface area contributed by atoms with E-state index in [2.05, 4.69) is 44.0 Å². The van der Waals surface area contributed by atoms with Crippen LogP contribution in [0.15, 0.2) is 5.38 Å². The van der Waals surface area contributed by atoms with Crippen LogP contribution in [0, 0.1) is 6.92 Å². The van der Waals surface area contributed by atoms with Crippen molar-refractivity contribution in [3.05, 3.63) is 27.7 Å². The highest BCUT2D eigenvalue weighted by Gasteiger charge is 2.32. The van der Waals surface area contributed by atoms with Crippen LogP contribution in [0.4, 0.5) is 0 Å². The molecule has 2 N–H and O–H groups in total. The Morgan fingerprint density at radius 1 is 1.36 bits per heavy atom. The Balaban J connectivity index is 1.66. The molecule has 0 aliphatic heterocycles. The van der Waals surface area contributed by atoms with Crippen molar-refractivity contribution in [3.8, 4) is 0 Å². The summed E-state index contributed by atoms with van der Waals surface area (Å²) in [5.41, 5.74) is 6.99. The van der Waals surface area contributed by atoms with Crippen LogP contribution in [0.5, 0.6) is 0 Å². The van der Waals surface area contributed by atoms with Crippen molar-refractivity contribution < 1.29 is 0 Å². The molecule has 0 radical (unpaired) electrons. The average Bonchev–Trinajstić information content (AvgIpc) is 3.01. The summed E-state index contributed by atoms with van der Waals surface area (Å²) in [7, 11) is 2.10. The quantitative estimate of drug-likeness (QED) is 0.880. The Kier molecular flexibility index (Phi) is 4.56. The van der Waals surface area contributed by atoms with Crippen molar-refractivity contribution in [1.29, 1.82) is 0 Å². The van der Waals surface area contributed by atoms with Crippen LogP contribution in [-0.4, -0.2) is 37.7 Å². The Labute approximate surface area is 135 Å². The average molecular weight is 320 g/mol. The normalized spacial score (nSPS) is 21.3. The summed E-state index contributed by atoms with van der Waals surface area (Å²) >= 11 is 1.71. The molecular weight excluding hydrogens is 296 g/mol. The van der Waals surface area contributed by atoms with Crippen LogP contribution in [0.2, 0.25) is 0 Å². The minimum absolute atomic E-state index is 0.339. The summed E-state index contributed by atoms with van der Waals surface area (Å²) in [5.74, 6) is 2.63. The van der Waals surface area contributed by atoms with Gasteiger partial charge in [0.2, 0.25) is 0 Å². The lowest BCUT2D eigenvalue weighted by Crippen LogP contribution is -2.36. The highest BCUT2D eigenvalue weighted by atomic mass is 32.1. The second-order valence-electron chi connectivity index (χ2n) is 6.20. The molecule has 7 heteroatoms. The zero-order valence-electron chi connectivity index (χ0n) is 13.5. The zero-order chi connectivity index (χ0) is 15.7. The fourth-order valence-electron chi connectivity index (χ4n) is 2.99. The standard InChI is InChI=1S/C15H24N6S/c1-4-21-13(18-19-15(21)11-5-12(16)6-11)7-20(3)8-14-17-10(2)9-22-14/h9,11-12H,4-8,16H2,1-3H3. The molecule has 1 saturated carbocycles. The van der Waals surface area contributed by atoms with E-state index in [0.29, 0.717) is 12.0 Å². The van der Waals surface area contributed by atoms with Crippen LogP contribution in [0.1, 0.15) is 48.0 Å². The molecule has 1 aliphatic carbocycles. The van der Waals surface area contributed by atoms with E-state index in [-0.39, 0.29) is 0 Å². The predicted octanol–water partition coefficient (Wildman–Crippen LogP) is 1.90. The molecule has 120 valence electrons. The highest BCUT2D eigenvalue weighted by Crippen LogP contribution is 2.34. The minimum atomic E-state index is 0.339. The number of aromatic nitrogens is 4. The molecule has 2 aromatic heterocycles. The highest BCUT2D eigenvalue weighted by molar-refractivity contribution is 7.09. The zero-order valence-corrected chi connectivity index (χ0v) is 14.3. The number of aryl methyl sites for hydroxylation is 1. The van der Waals surface area contributed by atoms with Gasteiger partial charge in [-0.3, -0.25) is 4.90 Å². The van der Waals surface area contributed by atoms with E-state index < -0.39 is 0 Å². The summed E-state index contributed by atoms with van der Waals surface area (Å²) in [6, 6.07) is 0.339. The van der Waals surface area contributed by atoms with Gasteiger partial charge in [0.05, 0.1) is 13.1 Å². The van der Waals surface area contributed by atoms with Crippen LogP contribution >= 0.6 is 11.3 Å². The Bertz CT molecular complexity index is 628. The van der Waals surface area contributed by atoms with E-state index in [9.17, 15) is 0 Å². The maximum absolute atomic E-state index is 5.90. The van der Waals surface area contributed by atoms with Gasteiger partial charge in [0.1, 0.15) is 16.7 Å². The van der Waals surface area contributed by atoms with Gasteiger partial charge in [0, 0.05) is 29.6 Å². The van der Waals surface area contributed by atoms with Gasteiger partial charge >= 0.3 is 0 Å². The maximum atomic E-state index is 5.90. The summed E-state index contributed by atoms with van der Waals surface area (Å²) < 4.78 is 2.25. The Morgan fingerprint density at radius 3 is 2.73 bits per heavy atom. The van der Waals surface area contributed by atoms with E-state index >= 15 is 0 Å². The van der Waals surface area contributed by atoms with Crippen LogP contribution in [-0.2, 0) is 19.6 Å². The van der Waals surface area contributed by atoms with E-state index in [1.54, 1.807) is 11.3 Å². The molecule has 1 fully saturated rings. The predicted molar refractivity (Wildman–Crippen MR) is 87.7 cm³/mol. The first kappa shape index (κ1) is 15.6. The monoisotopic (exact) mass is 320 g/mol. The number of thiazole rings is 1. The molecule has 0 aromatic carbocycles. The number of nitrogens with two attached hydrogens (primary N) is 1. The molecule has 3 rings (SSSR count). The number of hydrogen-bond acceptors (Lipinski definition) is 6. The Morgan fingerprint density at radius 2 is 2.14 bits per heavy atom. The molecule has 0 amide bonds. The second-order valence-corrected chi connectivity index (χ2v) is 7.14. The lowest BCUT2D eigenvalue weighted by molar-refractivity contribution is 0.299. The van der Waals surface area contributed by atoms with E-state index in [1.165, 1.54) is 0 Å². The van der Waals surface area contributed by atoms with Gasteiger partial charge in [-0.2, -0.15) is 0 Å². The fourth-order valence-corrected chi connectivity index (χ4v) is 3.84. The number of rotatable bonds is 6. The van der Waals surface area contributed by atoms with Crippen molar-refractivity contribution in [1.82, 2.24) is 24.6 Å². The molecule has 6 nitrogen and oxygen atoms in total. The molecule has 0 atom stereocenters. The van der Waals surface area contributed by atoms with E-state index in [1.807, 2.05) is 6.92 Å². The number of hydrogen-bond donors (Lipinski definition) is 1. The van der Waals surface area contributed by atoms with Gasteiger partial charge in [-0.15, -0.1) is 21.5 Å². The third-order valence-corrected chi connectivity index (χ3v) is 5.15.